The van der Waals surface area contributed by atoms with E-state index in [0.717, 1.165) is 19.0 Å². The van der Waals surface area contributed by atoms with Crippen LogP contribution in [-0.2, 0) is 4.79 Å². The zero-order chi connectivity index (χ0) is 10.6. The lowest BCUT2D eigenvalue weighted by atomic mass is 10.1. The van der Waals surface area contributed by atoms with E-state index in [9.17, 15) is 4.79 Å². The van der Waals surface area contributed by atoms with Crippen LogP contribution in [0.3, 0.4) is 0 Å². The number of aliphatic carboxylic acids is 1. The van der Waals surface area contributed by atoms with E-state index in [4.69, 9.17) is 5.11 Å². The Kier molecular flexibility index (Phi) is 9.38. The molecule has 0 atom stereocenters. The van der Waals surface area contributed by atoms with Gasteiger partial charge >= 0.3 is 5.97 Å². The molecule has 0 rings (SSSR count). The summed E-state index contributed by atoms with van der Waals surface area (Å²) in [5, 5.41) is 11.2. The van der Waals surface area contributed by atoms with E-state index in [1.54, 1.807) is 0 Å². The minimum Gasteiger partial charge on any atom is -0.478 e. The summed E-state index contributed by atoms with van der Waals surface area (Å²) in [7, 11) is 0. The van der Waals surface area contributed by atoms with Crippen LogP contribution in [0.1, 0.15) is 45.4 Å². The highest BCUT2D eigenvalue weighted by Crippen LogP contribution is 2.03. The molecule has 0 amide bonds. The molecule has 0 unspecified atom stereocenters. The Morgan fingerprint density at radius 1 is 1.21 bits per heavy atom. The molecule has 0 saturated heterocycles. The first-order chi connectivity index (χ1) is 6.77. The summed E-state index contributed by atoms with van der Waals surface area (Å²) >= 11 is 0. The average molecular weight is 199 g/mol. The molecule has 3 heteroatoms. The summed E-state index contributed by atoms with van der Waals surface area (Å²) in [5.74, 6) is -0.902. The van der Waals surface area contributed by atoms with Crippen molar-refractivity contribution in [2.75, 3.05) is 6.54 Å². The number of hydrogen-bond acceptors (Lipinski definition) is 2. The summed E-state index contributed by atoms with van der Waals surface area (Å²) in [6.07, 6.45) is 10.2. The van der Waals surface area contributed by atoms with Crippen molar-refractivity contribution in [2.24, 2.45) is 0 Å². The van der Waals surface area contributed by atoms with Crippen LogP contribution in [-0.4, -0.2) is 17.6 Å². The Morgan fingerprint density at radius 2 is 1.86 bits per heavy atom. The van der Waals surface area contributed by atoms with Crippen molar-refractivity contribution in [1.29, 1.82) is 0 Å². The summed E-state index contributed by atoms with van der Waals surface area (Å²) < 4.78 is 0. The lowest BCUT2D eigenvalue weighted by molar-refractivity contribution is -0.131. The number of carboxylic acids is 1. The Labute approximate surface area is 86.2 Å². The van der Waals surface area contributed by atoms with Gasteiger partial charge in [-0.1, -0.05) is 39.0 Å². The molecular weight excluding hydrogens is 178 g/mol. The normalized spacial score (nSPS) is 10.6. The Balaban J connectivity index is 3.02. The number of rotatable bonds is 9. The van der Waals surface area contributed by atoms with Crippen molar-refractivity contribution < 1.29 is 9.90 Å². The monoisotopic (exact) mass is 199 g/mol. The highest BCUT2D eigenvalue weighted by molar-refractivity contribution is 5.79. The quantitative estimate of drug-likeness (QED) is 0.443. The first-order valence-electron chi connectivity index (χ1n) is 5.40. The van der Waals surface area contributed by atoms with E-state index >= 15 is 0 Å². The van der Waals surface area contributed by atoms with Gasteiger partial charge in [-0.05, 0) is 6.42 Å². The standard InChI is InChI=1S/C11H21NO2/c1-2-3-4-5-6-7-9-12-10-8-11(13)14/h8,10,12H,2-7,9H2,1H3,(H,13,14). The molecule has 0 heterocycles. The fourth-order valence-electron chi connectivity index (χ4n) is 1.22. The van der Waals surface area contributed by atoms with Crippen molar-refractivity contribution in [3.63, 3.8) is 0 Å². The largest absolute Gasteiger partial charge is 0.478 e. The van der Waals surface area contributed by atoms with E-state index in [1.165, 1.54) is 38.3 Å². The SMILES string of the molecule is CCCCCCCCNC=CC(=O)O. The zero-order valence-electron chi connectivity index (χ0n) is 8.96. The molecule has 0 aliphatic carbocycles. The van der Waals surface area contributed by atoms with E-state index in [2.05, 4.69) is 12.2 Å². The zero-order valence-corrected chi connectivity index (χ0v) is 8.96. The molecule has 0 fully saturated rings. The maximum absolute atomic E-state index is 10.1. The minimum absolute atomic E-state index is 0.871. The van der Waals surface area contributed by atoms with Crippen LogP contribution in [0.25, 0.3) is 0 Å². The van der Waals surface area contributed by atoms with Crippen LogP contribution in [0.15, 0.2) is 12.3 Å². The maximum atomic E-state index is 10.1. The number of carbonyl (C=O) groups is 1. The van der Waals surface area contributed by atoms with Gasteiger partial charge in [-0.2, -0.15) is 0 Å². The van der Waals surface area contributed by atoms with Crippen molar-refractivity contribution in [1.82, 2.24) is 5.32 Å². The van der Waals surface area contributed by atoms with Gasteiger partial charge in [0.15, 0.2) is 0 Å². The molecule has 0 spiro atoms. The van der Waals surface area contributed by atoms with Gasteiger partial charge in [0.25, 0.3) is 0 Å². The lowest BCUT2D eigenvalue weighted by Gasteiger charge is -2.00. The van der Waals surface area contributed by atoms with Crippen LogP contribution < -0.4 is 5.32 Å². The average Bonchev–Trinajstić information content (AvgIpc) is 2.15. The van der Waals surface area contributed by atoms with Crippen LogP contribution >= 0.6 is 0 Å². The van der Waals surface area contributed by atoms with Gasteiger partial charge in [0, 0.05) is 18.8 Å². The van der Waals surface area contributed by atoms with Gasteiger partial charge in [0.1, 0.15) is 0 Å². The predicted molar refractivity (Wildman–Crippen MR) is 58.2 cm³/mol. The highest BCUT2D eigenvalue weighted by Gasteiger charge is 1.89. The Hall–Kier alpha value is -0.990. The highest BCUT2D eigenvalue weighted by atomic mass is 16.4. The minimum atomic E-state index is -0.902. The lowest BCUT2D eigenvalue weighted by Crippen LogP contribution is -2.07. The van der Waals surface area contributed by atoms with E-state index in [0.29, 0.717) is 0 Å². The second kappa shape index (κ2) is 10.1. The van der Waals surface area contributed by atoms with Crippen LogP contribution in [0, 0.1) is 0 Å². The van der Waals surface area contributed by atoms with Gasteiger partial charge in [-0.3, -0.25) is 0 Å². The third-order valence-corrected chi connectivity index (χ3v) is 2.02. The van der Waals surface area contributed by atoms with Crippen LogP contribution in [0.5, 0.6) is 0 Å². The molecule has 0 aliphatic rings. The number of carboxylic acid groups (broad SMARTS) is 1. The molecular formula is C11H21NO2. The molecule has 0 bridgehead atoms. The topological polar surface area (TPSA) is 49.3 Å². The van der Waals surface area contributed by atoms with Crippen molar-refractivity contribution in [3.8, 4) is 0 Å². The van der Waals surface area contributed by atoms with E-state index in [1.807, 2.05) is 0 Å². The summed E-state index contributed by atoms with van der Waals surface area (Å²) in [5.41, 5.74) is 0. The number of nitrogens with one attached hydrogen (secondary N) is 1. The summed E-state index contributed by atoms with van der Waals surface area (Å²) in [6.45, 7) is 3.08. The summed E-state index contributed by atoms with van der Waals surface area (Å²) in [4.78, 5) is 10.1. The number of unbranched alkanes of at least 4 members (excludes halogenated alkanes) is 5. The predicted octanol–water partition coefficient (Wildman–Crippen LogP) is 2.53. The fraction of sp³-hybridized carbons (Fsp3) is 0.727. The molecule has 14 heavy (non-hydrogen) atoms. The molecule has 0 radical (unpaired) electrons. The van der Waals surface area contributed by atoms with Gasteiger partial charge in [0.05, 0.1) is 0 Å². The van der Waals surface area contributed by atoms with E-state index < -0.39 is 5.97 Å². The molecule has 0 aromatic heterocycles. The van der Waals surface area contributed by atoms with E-state index in [-0.39, 0.29) is 0 Å². The van der Waals surface area contributed by atoms with Crippen molar-refractivity contribution in [3.05, 3.63) is 12.3 Å². The fourth-order valence-corrected chi connectivity index (χ4v) is 1.22. The third-order valence-electron chi connectivity index (χ3n) is 2.02. The van der Waals surface area contributed by atoms with Crippen LogP contribution in [0.4, 0.5) is 0 Å². The summed E-state index contributed by atoms with van der Waals surface area (Å²) in [6, 6.07) is 0. The number of hydrogen-bond donors (Lipinski definition) is 2. The first-order valence-corrected chi connectivity index (χ1v) is 5.40. The molecule has 82 valence electrons. The Morgan fingerprint density at radius 3 is 2.50 bits per heavy atom. The Bertz CT molecular complexity index is 167. The molecule has 3 nitrogen and oxygen atoms in total. The van der Waals surface area contributed by atoms with Crippen LogP contribution in [0.2, 0.25) is 0 Å². The van der Waals surface area contributed by atoms with Gasteiger partial charge in [0.2, 0.25) is 0 Å². The molecule has 0 aromatic rings. The second-order valence-electron chi connectivity index (χ2n) is 3.39. The molecule has 2 N–H and O–H groups in total. The maximum Gasteiger partial charge on any atom is 0.329 e. The van der Waals surface area contributed by atoms with Gasteiger partial charge in [-0.15, -0.1) is 0 Å². The smallest absolute Gasteiger partial charge is 0.329 e. The first kappa shape index (κ1) is 13.0. The van der Waals surface area contributed by atoms with Gasteiger partial charge in [-0.25, -0.2) is 4.79 Å². The molecule has 0 aromatic carbocycles. The second-order valence-corrected chi connectivity index (χ2v) is 3.39. The third kappa shape index (κ3) is 11.0. The van der Waals surface area contributed by atoms with Crippen molar-refractivity contribution in [2.45, 2.75) is 45.4 Å². The molecule has 0 saturated carbocycles. The van der Waals surface area contributed by atoms with Gasteiger partial charge < -0.3 is 10.4 Å². The van der Waals surface area contributed by atoms with Crippen molar-refractivity contribution >= 4 is 5.97 Å². The molecule has 0 aliphatic heterocycles.